The van der Waals surface area contributed by atoms with Gasteiger partial charge in [0, 0.05) is 36.5 Å². The molecule has 1 aromatic carbocycles. The van der Waals surface area contributed by atoms with Crippen LogP contribution in [0.5, 0.6) is 0 Å². The summed E-state index contributed by atoms with van der Waals surface area (Å²) in [5.41, 5.74) is 2.19. The lowest BCUT2D eigenvalue weighted by Crippen LogP contribution is -2.63. The standard InChI is InChI=1S/C24H29N3O2/c1-16(2)18-6-8-20(9-7-18)24(28,23(4)14-27(5)15-23)21-10-19(12-25-13-21)22-26-11-17(3)29-22/h6-13,16,28H,14-15H2,1-5H3/t24-/m0/s1. The number of aliphatic hydroxyl groups is 1. The molecule has 0 saturated carbocycles. The number of benzene rings is 1. The Morgan fingerprint density at radius 2 is 1.79 bits per heavy atom. The molecule has 0 spiro atoms. The second-order valence-electron chi connectivity index (χ2n) is 8.96. The molecule has 4 rings (SSSR count). The number of hydrogen-bond acceptors (Lipinski definition) is 5. The Hall–Kier alpha value is -2.50. The van der Waals surface area contributed by atoms with E-state index in [-0.39, 0.29) is 5.41 Å². The van der Waals surface area contributed by atoms with Crippen LogP contribution in [-0.4, -0.2) is 40.1 Å². The highest BCUT2D eigenvalue weighted by molar-refractivity contribution is 5.55. The number of likely N-dealkylation sites (tertiary alicyclic amines) is 1. The average molecular weight is 392 g/mol. The van der Waals surface area contributed by atoms with Crippen molar-refractivity contribution in [1.82, 2.24) is 14.9 Å². The molecule has 0 amide bonds. The minimum atomic E-state index is -1.17. The third-order valence-electron chi connectivity index (χ3n) is 6.13. The van der Waals surface area contributed by atoms with Crippen LogP contribution < -0.4 is 0 Å². The van der Waals surface area contributed by atoms with Crippen LogP contribution >= 0.6 is 0 Å². The Morgan fingerprint density at radius 3 is 2.34 bits per heavy atom. The summed E-state index contributed by atoms with van der Waals surface area (Å²) >= 11 is 0. The Labute approximate surface area is 172 Å². The number of aromatic nitrogens is 2. The summed E-state index contributed by atoms with van der Waals surface area (Å²) in [5.74, 6) is 1.71. The van der Waals surface area contributed by atoms with Crippen molar-refractivity contribution >= 4 is 0 Å². The number of oxazole rings is 1. The molecule has 0 aliphatic carbocycles. The highest BCUT2D eigenvalue weighted by Gasteiger charge is 2.55. The van der Waals surface area contributed by atoms with E-state index in [0.717, 1.165) is 35.5 Å². The van der Waals surface area contributed by atoms with Gasteiger partial charge in [-0.25, -0.2) is 4.98 Å². The zero-order valence-electron chi connectivity index (χ0n) is 17.8. The SMILES string of the molecule is Cc1cnc(-c2cncc([C@@](O)(c3ccc(C(C)C)cc3)C3(C)CN(C)C3)c2)o1. The van der Waals surface area contributed by atoms with Crippen LogP contribution in [0.2, 0.25) is 0 Å². The minimum Gasteiger partial charge on any atom is -0.441 e. The molecule has 29 heavy (non-hydrogen) atoms. The zero-order chi connectivity index (χ0) is 20.8. The molecule has 1 atom stereocenters. The van der Waals surface area contributed by atoms with Gasteiger partial charge in [-0.2, -0.15) is 0 Å². The van der Waals surface area contributed by atoms with Crippen LogP contribution in [-0.2, 0) is 5.60 Å². The van der Waals surface area contributed by atoms with Crippen molar-refractivity contribution < 1.29 is 9.52 Å². The van der Waals surface area contributed by atoms with E-state index in [1.807, 2.05) is 13.0 Å². The molecule has 1 aliphatic rings. The molecule has 5 nitrogen and oxygen atoms in total. The van der Waals surface area contributed by atoms with E-state index >= 15 is 0 Å². The van der Waals surface area contributed by atoms with Crippen LogP contribution in [0.3, 0.4) is 0 Å². The largest absolute Gasteiger partial charge is 0.441 e. The lowest BCUT2D eigenvalue weighted by Gasteiger charge is -2.55. The molecule has 3 heterocycles. The van der Waals surface area contributed by atoms with Gasteiger partial charge in [0.1, 0.15) is 11.4 Å². The maximum absolute atomic E-state index is 12.2. The molecule has 3 aromatic rings. The van der Waals surface area contributed by atoms with Gasteiger partial charge in [-0.05, 0) is 37.1 Å². The Morgan fingerprint density at radius 1 is 1.10 bits per heavy atom. The van der Waals surface area contributed by atoms with E-state index in [9.17, 15) is 5.11 Å². The third-order valence-corrected chi connectivity index (χ3v) is 6.13. The molecule has 152 valence electrons. The Bertz CT molecular complexity index is 1000. The first-order valence-electron chi connectivity index (χ1n) is 10.1. The van der Waals surface area contributed by atoms with Crippen LogP contribution in [0.1, 0.15) is 49.1 Å². The maximum Gasteiger partial charge on any atom is 0.227 e. The van der Waals surface area contributed by atoms with Gasteiger partial charge in [-0.1, -0.05) is 45.0 Å². The van der Waals surface area contributed by atoms with Crippen LogP contribution in [0, 0.1) is 12.3 Å². The summed E-state index contributed by atoms with van der Waals surface area (Å²) in [6, 6.07) is 10.3. The van der Waals surface area contributed by atoms with Gasteiger partial charge < -0.3 is 14.4 Å². The first kappa shape index (κ1) is 19.8. The van der Waals surface area contributed by atoms with E-state index in [4.69, 9.17) is 4.42 Å². The fraction of sp³-hybridized carbons (Fsp3) is 0.417. The van der Waals surface area contributed by atoms with Gasteiger partial charge in [0.25, 0.3) is 0 Å². The highest BCUT2D eigenvalue weighted by atomic mass is 16.4. The van der Waals surface area contributed by atoms with Gasteiger partial charge >= 0.3 is 0 Å². The molecule has 5 heteroatoms. The smallest absolute Gasteiger partial charge is 0.227 e. The monoisotopic (exact) mass is 391 g/mol. The van der Waals surface area contributed by atoms with Gasteiger partial charge in [0.05, 0.1) is 11.8 Å². The van der Waals surface area contributed by atoms with E-state index in [1.54, 1.807) is 18.6 Å². The van der Waals surface area contributed by atoms with Gasteiger partial charge in [-0.15, -0.1) is 0 Å². The topological polar surface area (TPSA) is 62.4 Å². The minimum absolute atomic E-state index is 0.325. The fourth-order valence-corrected chi connectivity index (χ4v) is 4.59. The van der Waals surface area contributed by atoms with Crippen molar-refractivity contribution in [2.75, 3.05) is 20.1 Å². The van der Waals surface area contributed by atoms with Gasteiger partial charge in [0.15, 0.2) is 0 Å². The predicted molar refractivity (Wildman–Crippen MR) is 114 cm³/mol. The van der Waals surface area contributed by atoms with E-state index in [2.05, 4.69) is 67.0 Å². The summed E-state index contributed by atoms with van der Waals surface area (Å²) in [4.78, 5) is 11.0. The van der Waals surface area contributed by atoms with E-state index in [0.29, 0.717) is 11.8 Å². The normalized spacial score (nSPS) is 18.4. The van der Waals surface area contributed by atoms with Crippen molar-refractivity contribution in [2.45, 2.75) is 39.2 Å². The number of nitrogens with zero attached hydrogens (tertiary/aromatic N) is 3. The van der Waals surface area contributed by atoms with Gasteiger partial charge in [-0.3, -0.25) is 4.98 Å². The van der Waals surface area contributed by atoms with Crippen LogP contribution in [0.4, 0.5) is 0 Å². The first-order chi connectivity index (χ1) is 13.7. The molecular weight excluding hydrogens is 362 g/mol. The van der Waals surface area contributed by atoms with Crippen molar-refractivity contribution in [3.05, 3.63) is 71.4 Å². The predicted octanol–water partition coefficient (Wildman–Crippen LogP) is 4.36. The fourth-order valence-electron chi connectivity index (χ4n) is 4.59. The summed E-state index contributed by atoms with van der Waals surface area (Å²) in [6.45, 7) is 9.97. The second-order valence-corrected chi connectivity index (χ2v) is 8.96. The molecule has 2 aromatic heterocycles. The lowest BCUT2D eigenvalue weighted by atomic mass is 9.62. The molecule has 1 fully saturated rings. The van der Waals surface area contributed by atoms with Crippen molar-refractivity contribution in [1.29, 1.82) is 0 Å². The molecular formula is C24H29N3O2. The second kappa shape index (κ2) is 7.08. The number of pyridine rings is 1. The van der Waals surface area contributed by atoms with Crippen molar-refractivity contribution in [2.24, 2.45) is 5.41 Å². The van der Waals surface area contributed by atoms with Gasteiger partial charge in [0.2, 0.25) is 5.89 Å². The summed E-state index contributed by atoms with van der Waals surface area (Å²) in [7, 11) is 2.08. The first-order valence-corrected chi connectivity index (χ1v) is 10.1. The third kappa shape index (κ3) is 3.28. The van der Waals surface area contributed by atoms with Crippen molar-refractivity contribution in [3.8, 4) is 11.5 Å². The number of rotatable bonds is 5. The molecule has 0 unspecified atom stereocenters. The maximum atomic E-state index is 12.2. The van der Waals surface area contributed by atoms with E-state index in [1.165, 1.54) is 5.56 Å². The lowest BCUT2D eigenvalue weighted by molar-refractivity contribution is -0.127. The Balaban J connectivity index is 1.83. The molecule has 0 radical (unpaired) electrons. The van der Waals surface area contributed by atoms with Crippen LogP contribution in [0.25, 0.3) is 11.5 Å². The molecule has 0 bridgehead atoms. The summed E-state index contributed by atoms with van der Waals surface area (Å²) in [5, 5.41) is 12.2. The zero-order valence-corrected chi connectivity index (χ0v) is 17.8. The molecule has 1 aliphatic heterocycles. The summed E-state index contributed by atoms with van der Waals surface area (Å²) in [6.07, 6.45) is 5.19. The van der Waals surface area contributed by atoms with Crippen molar-refractivity contribution in [3.63, 3.8) is 0 Å². The molecule has 1 saturated heterocycles. The molecule has 1 N–H and O–H groups in total. The van der Waals surface area contributed by atoms with E-state index < -0.39 is 5.60 Å². The quantitative estimate of drug-likeness (QED) is 0.700. The number of hydrogen-bond donors (Lipinski definition) is 1. The van der Waals surface area contributed by atoms with Crippen LogP contribution in [0.15, 0.2) is 53.3 Å². The highest BCUT2D eigenvalue weighted by Crippen LogP contribution is 2.50. The Kier molecular flexibility index (Phi) is 4.83. The average Bonchev–Trinajstić information content (AvgIpc) is 3.13. The summed E-state index contributed by atoms with van der Waals surface area (Å²) < 4.78 is 5.69. The number of aryl methyl sites for hydroxylation is 1.